The first kappa shape index (κ1) is 37.0. The predicted molar refractivity (Wildman–Crippen MR) is 171 cm³/mol. The van der Waals surface area contributed by atoms with Crippen molar-refractivity contribution in [1.82, 2.24) is 20.9 Å². The molecule has 3 rings (SSSR count). The fraction of sp³-hybridized carbons (Fsp3) is 0.765. The van der Waals surface area contributed by atoms with Gasteiger partial charge in [0, 0.05) is 6.54 Å². The number of rotatable bonds is 12. The number of carbonyl (C=O) groups is 6. The summed E-state index contributed by atoms with van der Waals surface area (Å²) in [4.78, 5) is 80.8. The second kappa shape index (κ2) is 14.5. The summed E-state index contributed by atoms with van der Waals surface area (Å²) in [5.41, 5.74) is -1.72. The summed E-state index contributed by atoms with van der Waals surface area (Å²) in [7, 11) is 0. The molecule has 3 aliphatic rings. The summed E-state index contributed by atoms with van der Waals surface area (Å²) in [6.07, 6.45) is 5.81. The summed E-state index contributed by atoms with van der Waals surface area (Å²) >= 11 is 0. The number of piperidine rings is 1. The quantitative estimate of drug-likeness (QED) is 0.165. The van der Waals surface area contributed by atoms with Gasteiger partial charge in [-0.15, -0.1) is 6.58 Å². The van der Waals surface area contributed by atoms with Gasteiger partial charge in [-0.2, -0.15) is 0 Å². The number of amides is 4. The van der Waals surface area contributed by atoms with Crippen LogP contribution >= 0.6 is 0 Å². The van der Waals surface area contributed by atoms with Crippen LogP contribution in [0.15, 0.2) is 12.7 Å². The lowest BCUT2D eigenvalue weighted by atomic mass is 9.83. The van der Waals surface area contributed by atoms with Gasteiger partial charge in [0.2, 0.25) is 17.6 Å². The van der Waals surface area contributed by atoms with Crippen LogP contribution in [-0.2, 0) is 33.4 Å². The molecule has 1 aliphatic heterocycles. The summed E-state index contributed by atoms with van der Waals surface area (Å²) in [5.74, 6) is -3.69. The van der Waals surface area contributed by atoms with Crippen molar-refractivity contribution in [2.24, 2.45) is 23.2 Å². The van der Waals surface area contributed by atoms with Crippen LogP contribution in [0.2, 0.25) is 0 Å². The SMILES string of the molecule is C=CCC[C@@H](NC(=O)[C@@H]1[C@@H]2C(CN1C(=O)[C@@H](NC(=O)OC(C)(C)C)C1CCCCC1)C2(C)C)C(=O)C(=O)NCC(=O)OC(C)(C)C. The predicted octanol–water partition coefficient (Wildman–Crippen LogP) is 3.42. The maximum atomic E-state index is 14.3. The monoisotopic (exact) mass is 646 g/mol. The first-order valence-corrected chi connectivity index (χ1v) is 16.5. The Bertz CT molecular complexity index is 1190. The van der Waals surface area contributed by atoms with E-state index in [1.54, 1.807) is 52.5 Å². The van der Waals surface area contributed by atoms with Crippen LogP contribution in [0.3, 0.4) is 0 Å². The second-order valence-electron chi connectivity index (χ2n) is 15.5. The Hall–Kier alpha value is -3.44. The molecular formula is C34H54N4O8. The number of fused-ring (bicyclic) bond motifs is 1. The smallest absolute Gasteiger partial charge is 0.408 e. The Morgan fingerprint density at radius 3 is 2.11 bits per heavy atom. The van der Waals surface area contributed by atoms with Gasteiger partial charge in [-0.3, -0.25) is 24.0 Å². The number of allylic oxidation sites excluding steroid dienone is 1. The van der Waals surface area contributed by atoms with Crippen molar-refractivity contribution in [3.63, 3.8) is 0 Å². The molecule has 4 amide bonds. The number of hydrogen-bond donors (Lipinski definition) is 3. The van der Waals surface area contributed by atoms with Crippen LogP contribution in [0.1, 0.15) is 100 Å². The highest BCUT2D eigenvalue weighted by atomic mass is 16.6. The van der Waals surface area contributed by atoms with Gasteiger partial charge in [0.15, 0.2) is 0 Å². The maximum absolute atomic E-state index is 14.3. The summed E-state index contributed by atoms with van der Waals surface area (Å²) in [6, 6.07) is -2.94. The van der Waals surface area contributed by atoms with Crippen LogP contribution < -0.4 is 16.0 Å². The topological polar surface area (TPSA) is 160 Å². The lowest BCUT2D eigenvalue weighted by Crippen LogP contribution is -2.60. The van der Waals surface area contributed by atoms with E-state index in [2.05, 4.69) is 22.5 Å². The largest absolute Gasteiger partial charge is 0.459 e. The van der Waals surface area contributed by atoms with Gasteiger partial charge in [-0.1, -0.05) is 39.2 Å². The van der Waals surface area contributed by atoms with E-state index in [1.165, 1.54) is 0 Å². The van der Waals surface area contributed by atoms with E-state index in [1.807, 2.05) is 13.8 Å². The van der Waals surface area contributed by atoms with Crippen molar-refractivity contribution in [2.75, 3.05) is 13.1 Å². The summed E-state index contributed by atoms with van der Waals surface area (Å²) < 4.78 is 10.7. The molecule has 5 atom stereocenters. The molecule has 0 radical (unpaired) electrons. The second-order valence-corrected chi connectivity index (χ2v) is 15.5. The molecule has 2 saturated carbocycles. The molecule has 0 bridgehead atoms. The third-order valence-corrected chi connectivity index (χ3v) is 9.15. The Morgan fingerprint density at radius 1 is 0.935 bits per heavy atom. The number of ether oxygens (including phenoxy) is 2. The fourth-order valence-corrected chi connectivity index (χ4v) is 6.86. The minimum Gasteiger partial charge on any atom is -0.459 e. The molecule has 0 spiro atoms. The first-order valence-electron chi connectivity index (χ1n) is 16.5. The number of carbonyl (C=O) groups excluding carboxylic acids is 6. The van der Waals surface area contributed by atoms with Crippen LogP contribution in [0.25, 0.3) is 0 Å². The highest BCUT2D eigenvalue weighted by Crippen LogP contribution is 2.65. The molecule has 12 heteroatoms. The highest BCUT2D eigenvalue weighted by Gasteiger charge is 2.69. The first-order chi connectivity index (χ1) is 21.3. The van der Waals surface area contributed by atoms with E-state index in [-0.39, 0.29) is 35.5 Å². The van der Waals surface area contributed by atoms with Crippen LogP contribution in [0, 0.1) is 23.2 Å². The zero-order valence-corrected chi connectivity index (χ0v) is 28.8. The number of likely N-dealkylation sites (tertiary alicyclic amines) is 1. The average molecular weight is 647 g/mol. The maximum Gasteiger partial charge on any atom is 0.408 e. The van der Waals surface area contributed by atoms with E-state index in [4.69, 9.17) is 9.47 Å². The number of alkyl carbamates (subject to hydrolysis) is 1. The van der Waals surface area contributed by atoms with Gasteiger partial charge >= 0.3 is 12.1 Å². The molecule has 0 aromatic heterocycles. The lowest BCUT2D eigenvalue weighted by Gasteiger charge is -2.37. The molecule has 46 heavy (non-hydrogen) atoms. The van der Waals surface area contributed by atoms with Crippen LogP contribution in [0.4, 0.5) is 4.79 Å². The van der Waals surface area contributed by atoms with Gasteiger partial charge in [0.05, 0.1) is 6.04 Å². The Morgan fingerprint density at radius 2 is 1.54 bits per heavy atom. The molecular weight excluding hydrogens is 592 g/mol. The van der Waals surface area contributed by atoms with Crippen molar-refractivity contribution in [2.45, 2.75) is 130 Å². The Balaban J connectivity index is 1.80. The van der Waals surface area contributed by atoms with Crippen molar-refractivity contribution in [3.05, 3.63) is 12.7 Å². The fourth-order valence-electron chi connectivity index (χ4n) is 6.86. The third kappa shape index (κ3) is 9.54. The summed E-state index contributed by atoms with van der Waals surface area (Å²) in [6.45, 7) is 17.9. The number of Topliss-reactive ketones (excluding diaryl/α,β-unsaturated/α-hetero) is 1. The zero-order chi connectivity index (χ0) is 34.6. The van der Waals surface area contributed by atoms with Crippen molar-refractivity contribution >= 4 is 35.6 Å². The Kier molecular flexibility index (Phi) is 11.7. The number of hydrogen-bond acceptors (Lipinski definition) is 8. The summed E-state index contributed by atoms with van der Waals surface area (Å²) in [5, 5.41) is 7.87. The Labute approximate surface area is 273 Å². The minimum atomic E-state index is -1.20. The van der Waals surface area contributed by atoms with Crippen LogP contribution in [-0.4, -0.2) is 82.9 Å². The van der Waals surface area contributed by atoms with Gasteiger partial charge in [-0.25, -0.2) is 4.79 Å². The number of esters is 1. The standard InChI is InChI=1S/C34H54N4O8/c1-10-11-17-22(27(40)29(42)35-18-23(39)45-32(2,3)4)36-28(41)26-24-21(34(24,8)9)19-38(26)30(43)25(20-15-13-12-14-16-20)37-31(44)46-33(5,6)7/h10,20-22,24-26H,1,11-19H2,2-9H3,(H,35,42)(H,36,41)(H,37,44)/t21?,22-,24+,25+,26+/m1/s1. The van der Waals surface area contributed by atoms with E-state index in [9.17, 15) is 28.8 Å². The molecule has 1 unspecified atom stereocenters. The molecule has 258 valence electrons. The normalized spacial score (nSPS) is 23.7. The van der Waals surface area contributed by atoms with E-state index >= 15 is 0 Å². The lowest BCUT2D eigenvalue weighted by molar-refractivity contribution is -0.155. The van der Waals surface area contributed by atoms with Gasteiger partial charge < -0.3 is 30.3 Å². The van der Waals surface area contributed by atoms with E-state index < -0.39 is 65.5 Å². The highest BCUT2D eigenvalue weighted by molar-refractivity contribution is 6.38. The van der Waals surface area contributed by atoms with Crippen LogP contribution in [0.5, 0.6) is 0 Å². The molecule has 0 aromatic rings. The number of nitrogens with zero attached hydrogens (tertiary/aromatic N) is 1. The van der Waals surface area contributed by atoms with Crippen molar-refractivity contribution in [3.8, 4) is 0 Å². The molecule has 1 saturated heterocycles. The molecule has 0 aromatic carbocycles. The molecule has 12 nitrogen and oxygen atoms in total. The van der Waals surface area contributed by atoms with Crippen molar-refractivity contribution < 1.29 is 38.2 Å². The molecule has 3 fully saturated rings. The number of nitrogens with one attached hydrogen (secondary N) is 3. The van der Waals surface area contributed by atoms with Gasteiger partial charge in [0.1, 0.15) is 29.8 Å². The van der Waals surface area contributed by atoms with Gasteiger partial charge in [0.25, 0.3) is 5.91 Å². The number of ketones is 1. The van der Waals surface area contributed by atoms with Crippen molar-refractivity contribution in [1.29, 1.82) is 0 Å². The average Bonchev–Trinajstić information content (AvgIpc) is 3.26. The molecule has 1 heterocycles. The molecule has 3 N–H and O–H groups in total. The molecule has 2 aliphatic carbocycles. The third-order valence-electron chi connectivity index (χ3n) is 9.15. The van der Waals surface area contributed by atoms with Gasteiger partial charge in [-0.05, 0) is 90.4 Å². The van der Waals surface area contributed by atoms with E-state index in [0.717, 1.165) is 32.1 Å². The van der Waals surface area contributed by atoms with E-state index in [0.29, 0.717) is 13.0 Å². The zero-order valence-electron chi connectivity index (χ0n) is 28.8. The minimum absolute atomic E-state index is 0.0696.